The van der Waals surface area contributed by atoms with Gasteiger partial charge < -0.3 is 10.2 Å². The summed E-state index contributed by atoms with van der Waals surface area (Å²) in [6.07, 6.45) is 0.198. The Morgan fingerprint density at radius 3 is 2.67 bits per heavy atom. The largest absolute Gasteiger partial charge is 0.338 e. The number of hydrogen-bond donors (Lipinski definition) is 1. The minimum atomic E-state index is -0.402. The van der Waals surface area contributed by atoms with Crippen LogP contribution in [0.4, 0.5) is 9.52 Å². The summed E-state index contributed by atoms with van der Waals surface area (Å²) in [5, 5.41) is 11.3. The van der Waals surface area contributed by atoms with Gasteiger partial charge in [-0.1, -0.05) is 65.6 Å². The predicted molar refractivity (Wildman–Crippen MR) is 114 cm³/mol. The van der Waals surface area contributed by atoms with Crippen molar-refractivity contribution in [1.29, 1.82) is 0 Å². The summed E-state index contributed by atoms with van der Waals surface area (Å²) in [5.41, 5.74) is 2.02. The number of rotatable bonds is 7. The number of aromatic nitrogens is 2. The van der Waals surface area contributed by atoms with E-state index in [1.54, 1.807) is 17.0 Å². The number of benzene rings is 2. The molecule has 1 fully saturated rings. The lowest BCUT2D eigenvalue weighted by Crippen LogP contribution is -2.28. The number of likely N-dealkylation sites (tertiary alicyclic amines) is 1. The highest BCUT2D eigenvalue weighted by molar-refractivity contribution is 8.00. The minimum Gasteiger partial charge on any atom is -0.338 e. The van der Waals surface area contributed by atoms with Gasteiger partial charge in [0.05, 0.1) is 5.92 Å². The molecule has 2 amide bonds. The van der Waals surface area contributed by atoms with E-state index in [9.17, 15) is 14.0 Å². The highest BCUT2D eigenvalue weighted by Gasteiger charge is 2.34. The van der Waals surface area contributed by atoms with Crippen LogP contribution in [0.15, 0.2) is 58.9 Å². The van der Waals surface area contributed by atoms with Gasteiger partial charge >= 0.3 is 0 Å². The average Bonchev–Trinajstić information content (AvgIpc) is 3.35. The second-order valence-electron chi connectivity index (χ2n) is 6.94. The van der Waals surface area contributed by atoms with Crippen LogP contribution < -0.4 is 5.32 Å². The molecule has 2 heterocycles. The van der Waals surface area contributed by atoms with Gasteiger partial charge in [0.2, 0.25) is 16.9 Å². The molecule has 1 aliphatic rings. The Labute approximate surface area is 181 Å². The van der Waals surface area contributed by atoms with Crippen molar-refractivity contribution >= 4 is 40.0 Å². The van der Waals surface area contributed by atoms with Gasteiger partial charge in [-0.05, 0) is 23.3 Å². The molecule has 2 aromatic carbocycles. The lowest BCUT2D eigenvalue weighted by molar-refractivity contribution is -0.128. The van der Waals surface area contributed by atoms with E-state index in [0.717, 1.165) is 11.1 Å². The summed E-state index contributed by atoms with van der Waals surface area (Å²) >= 11 is 2.75. The quantitative estimate of drug-likeness (QED) is 0.443. The summed E-state index contributed by atoms with van der Waals surface area (Å²) < 4.78 is 13.7. The highest BCUT2D eigenvalue weighted by atomic mass is 32.2. The standard InChI is InChI=1S/C21H19FN4O2S2/c22-17-8-6-15(7-9-17)13-29-21-25-24-20(30-21)23-19(28)16-10-18(27)26(12-16)11-14-4-2-1-3-5-14/h1-9,16H,10-13H2,(H,23,24,28)/t16-/m0/s1. The van der Waals surface area contributed by atoms with Crippen molar-refractivity contribution in [2.75, 3.05) is 11.9 Å². The first-order valence-electron chi connectivity index (χ1n) is 9.40. The van der Waals surface area contributed by atoms with Crippen LogP contribution in [0.5, 0.6) is 0 Å². The number of nitrogens with one attached hydrogen (secondary N) is 1. The van der Waals surface area contributed by atoms with Crippen molar-refractivity contribution in [2.45, 2.75) is 23.1 Å². The molecule has 0 spiro atoms. The predicted octanol–water partition coefficient (Wildman–Crippen LogP) is 3.96. The van der Waals surface area contributed by atoms with Crippen molar-refractivity contribution in [3.8, 4) is 0 Å². The molecule has 9 heteroatoms. The maximum Gasteiger partial charge on any atom is 0.231 e. The first-order chi connectivity index (χ1) is 14.6. The maximum atomic E-state index is 13.0. The monoisotopic (exact) mass is 442 g/mol. The van der Waals surface area contributed by atoms with E-state index >= 15 is 0 Å². The number of halogens is 1. The second-order valence-corrected chi connectivity index (χ2v) is 9.14. The van der Waals surface area contributed by atoms with Crippen LogP contribution in [-0.4, -0.2) is 33.5 Å². The van der Waals surface area contributed by atoms with E-state index in [-0.39, 0.29) is 24.1 Å². The van der Waals surface area contributed by atoms with Gasteiger partial charge in [-0.2, -0.15) is 0 Å². The molecule has 1 N–H and O–H groups in total. The Kier molecular flexibility index (Phi) is 6.39. The molecule has 1 aromatic heterocycles. The molecule has 0 unspecified atom stereocenters. The third kappa shape index (κ3) is 5.22. The highest BCUT2D eigenvalue weighted by Crippen LogP contribution is 2.29. The van der Waals surface area contributed by atoms with Crippen molar-refractivity contribution in [3.63, 3.8) is 0 Å². The van der Waals surface area contributed by atoms with Crippen LogP contribution in [0.1, 0.15) is 17.5 Å². The lowest BCUT2D eigenvalue weighted by Gasteiger charge is -2.16. The molecular formula is C21H19FN4O2S2. The summed E-state index contributed by atoms with van der Waals surface area (Å²) in [6, 6.07) is 16.0. The molecule has 0 saturated carbocycles. The molecule has 30 heavy (non-hydrogen) atoms. The van der Waals surface area contributed by atoms with Gasteiger partial charge in [0.15, 0.2) is 4.34 Å². The molecule has 0 radical (unpaired) electrons. The van der Waals surface area contributed by atoms with E-state index < -0.39 is 5.92 Å². The zero-order valence-electron chi connectivity index (χ0n) is 16.0. The van der Waals surface area contributed by atoms with Crippen LogP contribution in [0, 0.1) is 11.7 Å². The summed E-state index contributed by atoms with van der Waals surface area (Å²) in [5.74, 6) is -0.274. The fourth-order valence-corrected chi connectivity index (χ4v) is 4.87. The van der Waals surface area contributed by atoms with Gasteiger partial charge in [0, 0.05) is 25.3 Å². The number of nitrogens with zero attached hydrogens (tertiary/aromatic N) is 3. The maximum absolute atomic E-state index is 13.0. The number of carbonyl (C=O) groups is 2. The first-order valence-corrected chi connectivity index (χ1v) is 11.2. The average molecular weight is 443 g/mol. The fourth-order valence-electron chi connectivity index (χ4n) is 3.16. The number of anilines is 1. The molecule has 1 aliphatic heterocycles. The third-order valence-electron chi connectivity index (χ3n) is 4.71. The number of thioether (sulfide) groups is 1. The number of amides is 2. The van der Waals surface area contributed by atoms with Crippen LogP contribution in [0.3, 0.4) is 0 Å². The molecule has 0 bridgehead atoms. The molecule has 4 rings (SSSR count). The molecule has 0 aliphatic carbocycles. The molecule has 1 atom stereocenters. The van der Waals surface area contributed by atoms with Gasteiger partial charge in [0.1, 0.15) is 5.82 Å². The van der Waals surface area contributed by atoms with Crippen molar-refractivity contribution in [1.82, 2.24) is 15.1 Å². The molecule has 6 nitrogen and oxygen atoms in total. The molecular weight excluding hydrogens is 423 g/mol. The summed E-state index contributed by atoms with van der Waals surface area (Å²) in [4.78, 5) is 26.6. The van der Waals surface area contributed by atoms with Gasteiger partial charge in [0.25, 0.3) is 0 Å². The van der Waals surface area contributed by atoms with E-state index in [0.29, 0.717) is 28.3 Å². The van der Waals surface area contributed by atoms with Crippen LogP contribution >= 0.6 is 23.1 Å². The Morgan fingerprint density at radius 2 is 1.90 bits per heavy atom. The lowest BCUT2D eigenvalue weighted by atomic mass is 10.1. The number of hydrogen-bond acceptors (Lipinski definition) is 6. The van der Waals surface area contributed by atoms with E-state index in [1.807, 2.05) is 30.3 Å². The summed E-state index contributed by atoms with van der Waals surface area (Å²) in [7, 11) is 0. The Bertz CT molecular complexity index is 1030. The van der Waals surface area contributed by atoms with E-state index in [1.165, 1.54) is 35.2 Å². The van der Waals surface area contributed by atoms with Gasteiger partial charge in [-0.25, -0.2) is 4.39 Å². The van der Waals surface area contributed by atoms with Crippen molar-refractivity contribution in [3.05, 3.63) is 71.5 Å². The smallest absolute Gasteiger partial charge is 0.231 e. The number of carbonyl (C=O) groups excluding carboxylic acids is 2. The fraction of sp³-hybridized carbons (Fsp3) is 0.238. The summed E-state index contributed by atoms with van der Waals surface area (Å²) in [6.45, 7) is 0.900. The molecule has 3 aromatic rings. The zero-order chi connectivity index (χ0) is 20.9. The normalized spacial score (nSPS) is 16.1. The van der Waals surface area contributed by atoms with Crippen LogP contribution in [0.25, 0.3) is 0 Å². The van der Waals surface area contributed by atoms with Crippen LogP contribution in [-0.2, 0) is 21.9 Å². The Hall–Kier alpha value is -2.78. The van der Waals surface area contributed by atoms with E-state index in [2.05, 4.69) is 15.5 Å². The van der Waals surface area contributed by atoms with Crippen molar-refractivity contribution in [2.24, 2.45) is 5.92 Å². The Morgan fingerprint density at radius 1 is 1.13 bits per heavy atom. The minimum absolute atomic E-state index is 0.0215. The molecule has 1 saturated heterocycles. The molecule has 154 valence electrons. The zero-order valence-corrected chi connectivity index (χ0v) is 17.6. The third-order valence-corrected chi connectivity index (χ3v) is 6.76. The van der Waals surface area contributed by atoms with E-state index in [4.69, 9.17) is 0 Å². The Balaban J connectivity index is 1.29. The van der Waals surface area contributed by atoms with Crippen molar-refractivity contribution < 1.29 is 14.0 Å². The van der Waals surface area contributed by atoms with Gasteiger partial charge in [-0.15, -0.1) is 10.2 Å². The van der Waals surface area contributed by atoms with Gasteiger partial charge in [-0.3, -0.25) is 9.59 Å². The first kappa shape index (κ1) is 20.5. The van der Waals surface area contributed by atoms with Crippen LogP contribution in [0.2, 0.25) is 0 Å². The topological polar surface area (TPSA) is 75.2 Å². The second kappa shape index (κ2) is 9.36. The SMILES string of the molecule is O=C(Nc1nnc(SCc2ccc(F)cc2)s1)[C@H]1CC(=O)N(Cc2ccccc2)C1.